The van der Waals surface area contributed by atoms with Crippen LogP contribution in [0.2, 0.25) is 0 Å². The van der Waals surface area contributed by atoms with Crippen molar-refractivity contribution >= 4 is 5.97 Å². The van der Waals surface area contributed by atoms with E-state index in [1.165, 1.54) is 25.7 Å². The predicted octanol–water partition coefficient (Wildman–Crippen LogP) is 3.08. The van der Waals surface area contributed by atoms with Crippen molar-refractivity contribution in [3.63, 3.8) is 0 Å². The molecule has 0 saturated carbocycles. The number of carbonyl (C=O) groups is 1. The van der Waals surface area contributed by atoms with Gasteiger partial charge in [0.2, 0.25) is 0 Å². The van der Waals surface area contributed by atoms with Gasteiger partial charge in [-0.05, 0) is 13.3 Å². The second kappa shape index (κ2) is 38.1. The molecule has 0 aliphatic rings. The van der Waals surface area contributed by atoms with E-state index in [0.717, 1.165) is 13.0 Å². The van der Waals surface area contributed by atoms with Crippen LogP contribution in [0.25, 0.3) is 0 Å². The number of rotatable bonds is 37. The van der Waals surface area contributed by atoms with E-state index in [2.05, 4.69) is 6.92 Å². The Labute approximate surface area is 254 Å². The molecule has 0 heterocycles. The van der Waals surface area contributed by atoms with Gasteiger partial charge in [0, 0.05) is 6.61 Å². The maximum Gasteiger partial charge on any atom is 0.308 e. The lowest BCUT2D eigenvalue weighted by atomic mass is 10.2. The highest BCUT2D eigenvalue weighted by molar-refractivity contribution is 5.69. The Kier molecular flexibility index (Phi) is 37.3. The summed E-state index contributed by atoms with van der Waals surface area (Å²) in [6.07, 6.45) is 6.53. The van der Waals surface area contributed by atoms with Crippen molar-refractivity contribution in [2.45, 2.75) is 52.4 Å². The van der Waals surface area contributed by atoms with E-state index in [4.69, 9.17) is 52.1 Å². The maximum absolute atomic E-state index is 11.1. The molecule has 0 bridgehead atoms. The Morgan fingerprint density at radius 2 is 0.643 bits per heavy atom. The zero-order chi connectivity index (χ0) is 30.4. The summed E-state index contributed by atoms with van der Waals surface area (Å²) in [5.41, 5.74) is 0. The Balaban J connectivity index is 3.05. The molecule has 0 aromatic carbocycles. The van der Waals surface area contributed by atoms with Crippen LogP contribution in [-0.4, -0.2) is 145 Å². The SMILES string of the molecule is CCCCCCCOCCOCCOCCOCCOCCOCCOCCOCCOCCOCCC(=O)OCC. The number of carbonyl (C=O) groups excluding carboxylic acids is 1. The van der Waals surface area contributed by atoms with Gasteiger partial charge in [-0.2, -0.15) is 0 Å². The van der Waals surface area contributed by atoms with E-state index >= 15 is 0 Å². The van der Waals surface area contributed by atoms with Crippen molar-refractivity contribution < 1.29 is 56.9 Å². The molecule has 12 heteroatoms. The van der Waals surface area contributed by atoms with Crippen molar-refractivity contribution in [3.05, 3.63) is 0 Å². The first-order valence-electron chi connectivity index (χ1n) is 15.7. The molecule has 0 amide bonds. The first-order valence-corrected chi connectivity index (χ1v) is 15.7. The molecule has 0 radical (unpaired) electrons. The fourth-order valence-electron chi connectivity index (χ4n) is 3.28. The van der Waals surface area contributed by atoms with Gasteiger partial charge in [0.25, 0.3) is 0 Å². The highest BCUT2D eigenvalue weighted by atomic mass is 16.6. The summed E-state index contributed by atoms with van der Waals surface area (Å²) < 4.78 is 59.3. The van der Waals surface area contributed by atoms with Crippen molar-refractivity contribution in [2.24, 2.45) is 0 Å². The lowest BCUT2D eigenvalue weighted by Gasteiger charge is -2.09. The Morgan fingerprint density at radius 1 is 0.357 bits per heavy atom. The third-order valence-corrected chi connectivity index (χ3v) is 5.50. The minimum Gasteiger partial charge on any atom is -0.466 e. The molecular weight excluding hydrogens is 552 g/mol. The van der Waals surface area contributed by atoms with E-state index in [9.17, 15) is 4.79 Å². The highest BCUT2D eigenvalue weighted by Crippen LogP contribution is 2.02. The topological polar surface area (TPSA) is 119 Å². The molecule has 12 nitrogen and oxygen atoms in total. The minimum atomic E-state index is -0.247. The molecule has 0 rings (SSSR count). The lowest BCUT2D eigenvalue weighted by molar-refractivity contribution is -0.144. The Hall–Kier alpha value is -0.930. The standard InChI is InChI=1S/C30H60O12/c1-3-5-6-7-8-10-32-12-14-34-16-18-36-20-22-38-24-26-40-28-29-41-27-25-39-23-21-37-19-17-35-15-13-33-11-9-30(31)42-4-2/h3-29H2,1-2H3. The van der Waals surface area contributed by atoms with Gasteiger partial charge < -0.3 is 52.1 Å². The number of hydrogen-bond donors (Lipinski definition) is 0. The van der Waals surface area contributed by atoms with E-state index in [0.29, 0.717) is 132 Å². The van der Waals surface area contributed by atoms with Crippen LogP contribution in [0.1, 0.15) is 52.4 Å². The van der Waals surface area contributed by atoms with Crippen molar-refractivity contribution in [2.75, 3.05) is 139 Å². The molecule has 0 atom stereocenters. The second-order valence-electron chi connectivity index (χ2n) is 9.09. The van der Waals surface area contributed by atoms with Crippen LogP contribution in [0.3, 0.4) is 0 Å². The molecule has 0 fully saturated rings. The molecule has 0 aromatic heterocycles. The van der Waals surface area contributed by atoms with Crippen molar-refractivity contribution in [1.29, 1.82) is 0 Å². The molecule has 0 spiro atoms. The smallest absolute Gasteiger partial charge is 0.308 e. The third kappa shape index (κ3) is 37.1. The Bertz CT molecular complexity index is 513. The fraction of sp³-hybridized carbons (Fsp3) is 0.967. The van der Waals surface area contributed by atoms with Crippen LogP contribution in [0.5, 0.6) is 0 Å². The third-order valence-electron chi connectivity index (χ3n) is 5.50. The number of esters is 1. The quantitative estimate of drug-likeness (QED) is 0.0758. The summed E-state index contributed by atoms with van der Waals surface area (Å²) in [4.78, 5) is 11.1. The highest BCUT2D eigenvalue weighted by Gasteiger charge is 2.01. The van der Waals surface area contributed by atoms with Gasteiger partial charge in [-0.1, -0.05) is 32.6 Å². The van der Waals surface area contributed by atoms with Crippen LogP contribution in [0.4, 0.5) is 0 Å². The average molecular weight is 613 g/mol. The van der Waals surface area contributed by atoms with Gasteiger partial charge >= 0.3 is 5.97 Å². The molecule has 0 N–H and O–H groups in total. The van der Waals surface area contributed by atoms with E-state index in [-0.39, 0.29) is 12.4 Å². The summed E-state index contributed by atoms with van der Waals surface area (Å²) in [6.45, 7) is 14.9. The minimum absolute atomic E-state index is 0.247. The Morgan fingerprint density at radius 3 is 0.952 bits per heavy atom. The van der Waals surface area contributed by atoms with Gasteiger partial charge in [-0.3, -0.25) is 4.79 Å². The van der Waals surface area contributed by atoms with Crippen LogP contribution in [-0.2, 0) is 56.9 Å². The summed E-state index contributed by atoms with van der Waals surface area (Å²) in [5, 5.41) is 0. The number of ether oxygens (including phenoxy) is 11. The van der Waals surface area contributed by atoms with Gasteiger partial charge in [0.05, 0.1) is 139 Å². The molecule has 0 saturated heterocycles. The summed E-state index contributed by atoms with van der Waals surface area (Å²) in [7, 11) is 0. The largest absolute Gasteiger partial charge is 0.466 e. The van der Waals surface area contributed by atoms with Gasteiger partial charge in [0.15, 0.2) is 0 Å². The van der Waals surface area contributed by atoms with Crippen molar-refractivity contribution in [3.8, 4) is 0 Å². The molecule has 42 heavy (non-hydrogen) atoms. The summed E-state index contributed by atoms with van der Waals surface area (Å²) >= 11 is 0. The fourth-order valence-corrected chi connectivity index (χ4v) is 3.28. The zero-order valence-corrected chi connectivity index (χ0v) is 26.5. The van der Waals surface area contributed by atoms with Gasteiger partial charge in [-0.25, -0.2) is 0 Å². The first kappa shape index (κ1) is 41.1. The van der Waals surface area contributed by atoms with E-state index in [1.807, 2.05) is 0 Å². The normalized spacial score (nSPS) is 11.4. The first-order chi connectivity index (χ1) is 20.8. The maximum atomic E-state index is 11.1. The predicted molar refractivity (Wildman–Crippen MR) is 158 cm³/mol. The summed E-state index contributed by atoms with van der Waals surface area (Å²) in [6, 6.07) is 0. The van der Waals surface area contributed by atoms with Crippen LogP contribution < -0.4 is 0 Å². The molecule has 0 aromatic rings. The van der Waals surface area contributed by atoms with E-state index < -0.39 is 0 Å². The number of unbranched alkanes of at least 4 members (excludes halogenated alkanes) is 4. The summed E-state index contributed by atoms with van der Waals surface area (Å²) in [5.74, 6) is -0.247. The molecule has 0 unspecified atom stereocenters. The molecule has 252 valence electrons. The molecular formula is C30H60O12. The van der Waals surface area contributed by atoms with Crippen LogP contribution >= 0.6 is 0 Å². The second-order valence-corrected chi connectivity index (χ2v) is 9.09. The molecule has 0 aliphatic carbocycles. The van der Waals surface area contributed by atoms with Crippen LogP contribution in [0, 0.1) is 0 Å². The van der Waals surface area contributed by atoms with Gasteiger partial charge in [-0.15, -0.1) is 0 Å². The van der Waals surface area contributed by atoms with Crippen LogP contribution in [0.15, 0.2) is 0 Å². The van der Waals surface area contributed by atoms with E-state index in [1.54, 1.807) is 6.92 Å². The van der Waals surface area contributed by atoms with Gasteiger partial charge in [0.1, 0.15) is 0 Å². The average Bonchev–Trinajstić information content (AvgIpc) is 2.99. The number of hydrogen-bond acceptors (Lipinski definition) is 12. The lowest BCUT2D eigenvalue weighted by Crippen LogP contribution is -2.15. The monoisotopic (exact) mass is 612 g/mol. The van der Waals surface area contributed by atoms with Crippen molar-refractivity contribution in [1.82, 2.24) is 0 Å². The zero-order valence-electron chi connectivity index (χ0n) is 26.5. The molecule has 0 aliphatic heterocycles.